The van der Waals surface area contributed by atoms with E-state index in [1.54, 1.807) is 0 Å². The van der Waals surface area contributed by atoms with Crippen LogP contribution in [-0.4, -0.2) is 30.6 Å². The van der Waals surface area contributed by atoms with Crippen molar-refractivity contribution in [3.8, 4) is 0 Å². The van der Waals surface area contributed by atoms with Gasteiger partial charge in [-0.15, -0.1) is 0 Å². The second-order valence-electron chi connectivity index (χ2n) is 5.55. The Hall–Kier alpha value is -0.0800. The van der Waals surface area contributed by atoms with Crippen molar-refractivity contribution in [1.82, 2.24) is 4.90 Å². The highest BCUT2D eigenvalue weighted by molar-refractivity contribution is 4.80. The number of nitrogens with zero attached hydrogens (tertiary/aromatic N) is 1. The van der Waals surface area contributed by atoms with Crippen molar-refractivity contribution in [2.45, 2.75) is 58.9 Å². The zero-order valence-corrected chi connectivity index (χ0v) is 11.4. The second-order valence-corrected chi connectivity index (χ2v) is 5.55. The number of rotatable bonds is 7. The molecule has 0 aliphatic heterocycles. The Morgan fingerprint density at radius 3 is 2.56 bits per heavy atom. The first-order valence-electron chi connectivity index (χ1n) is 7.15. The first-order chi connectivity index (χ1) is 7.67. The average Bonchev–Trinajstić information content (AvgIpc) is 2.69. The van der Waals surface area contributed by atoms with E-state index in [2.05, 4.69) is 25.7 Å². The predicted molar refractivity (Wildman–Crippen MR) is 71.5 cm³/mol. The Morgan fingerprint density at radius 1 is 1.31 bits per heavy atom. The van der Waals surface area contributed by atoms with Gasteiger partial charge in [-0.1, -0.05) is 33.6 Å². The fourth-order valence-corrected chi connectivity index (χ4v) is 2.72. The van der Waals surface area contributed by atoms with Crippen LogP contribution >= 0.6 is 0 Å². The van der Waals surface area contributed by atoms with E-state index in [4.69, 9.17) is 5.73 Å². The molecule has 0 saturated heterocycles. The van der Waals surface area contributed by atoms with Crippen LogP contribution in [0.1, 0.15) is 52.9 Å². The van der Waals surface area contributed by atoms with E-state index in [0.29, 0.717) is 6.04 Å². The molecule has 2 N–H and O–H groups in total. The van der Waals surface area contributed by atoms with E-state index < -0.39 is 0 Å². The molecule has 2 heteroatoms. The standard InChI is InChI=1S/C14H30N2/c1-4-12(3)11-16(5-2)10-9-13-7-6-8-14(13)15/h12-14H,4-11,15H2,1-3H3. The molecule has 1 rings (SSSR count). The van der Waals surface area contributed by atoms with Crippen LogP contribution in [0.2, 0.25) is 0 Å². The van der Waals surface area contributed by atoms with Gasteiger partial charge in [0, 0.05) is 12.6 Å². The maximum atomic E-state index is 6.12. The zero-order chi connectivity index (χ0) is 12.0. The summed E-state index contributed by atoms with van der Waals surface area (Å²) < 4.78 is 0. The SMILES string of the molecule is CCC(C)CN(CC)CCC1CCCC1N. The van der Waals surface area contributed by atoms with Gasteiger partial charge < -0.3 is 10.6 Å². The Kier molecular flexibility index (Phi) is 6.37. The molecule has 0 spiro atoms. The van der Waals surface area contributed by atoms with Crippen molar-refractivity contribution in [3.63, 3.8) is 0 Å². The Balaban J connectivity index is 2.22. The Morgan fingerprint density at radius 2 is 2.06 bits per heavy atom. The van der Waals surface area contributed by atoms with Gasteiger partial charge in [-0.05, 0) is 44.2 Å². The average molecular weight is 226 g/mol. The highest BCUT2D eigenvalue weighted by atomic mass is 15.1. The fraction of sp³-hybridized carbons (Fsp3) is 1.00. The minimum absolute atomic E-state index is 0.488. The van der Waals surface area contributed by atoms with Gasteiger partial charge in [0.2, 0.25) is 0 Å². The van der Waals surface area contributed by atoms with Crippen LogP contribution in [0.15, 0.2) is 0 Å². The van der Waals surface area contributed by atoms with Gasteiger partial charge in [-0.25, -0.2) is 0 Å². The highest BCUT2D eigenvalue weighted by Crippen LogP contribution is 2.27. The van der Waals surface area contributed by atoms with Gasteiger partial charge in [-0.3, -0.25) is 0 Å². The molecule has 0 amide bonds. The third-order valence-corrected chi connectivity index (χ3v) is 4.25. The lowest BCUT2D eigenvalue weighted by Gasteiger charge is -2.26. The van der Waals surface area contributed by atoms with Crippen molar-refractivity contribution < 1.29 is 0 Å². The smallest absolute Gasteiger partial charge is 0.00676 e. The van der Waals surface area contributed by atoms with Gasteiger partial charge in [0.05, 0.1) is 0 Å². The molecule has 0 aromatic rings. The molecule has 1 fully saturated rings. The normalized spacial score (nSPS) is 27.6. The molecule has 3 atom stereocenters. The molecule has 16 heavy (non-hydrogen) atoms. The van der Waals surface area contributed by atoms with E-state index in [9.17, 15) is 0 Å². The van der Waals surface area contributed by atoms with Gasteiger partial charge in [0.1, 0.15) is 0 Å². The molecule has 0 aromatic carbocycles. The molecule has 3 unspecified atom stereocenters. The minimum atomic E-state index is 0.488. The van der Waals surface area contributed by atoms with Crippen molar-refractivity contribution in [3.05, 3.63) is 0 Å². The molecule has 0 radical (unpaired) electrons. The van der Waals surface area contributed by atoms with Crippen LogP contribution in [0.3, 0.4) is 0 Å². The third kappa shape index (κ3) is 4.42. The maximum Gasteiger partial charge on any atom is 0.00676 e. The Bertz CT molecular complexity index is 182. The molecule has 1 aliphatic carbocycles. The molecule has 0 aromatic heterocycles. The molecule has 1 aliphatic rings. The summed E-state index contributed by atoms with van der Waals surface area (Å²) in [4.78, 5) is 2.60. The lowest BCUT2D eigenvalue weighted by Crippen LogP contribution is -2.33. The van der Waals surface area contributed by atoms with Gasteiger partial charge >= 0.3 is 0 Å². The predicted octanol–water partition coefficient (Wildman–Crippen LogP) is 2.87. The molecule has 96 valence electrons. The lowest BCUT2D eigenvalue weighted by molar-refractivity contribution is 0.225. The first kappa shape index (κ1) is 14.0. The van der Waals surface area contributed by atoms with Gasteiger partial charge in [0.15, 0.2) is 0 Å². The fourth-order valence-electron chi connectivity index (χ4n) is 2.72. The molecule has 0 bridgehead atoms. The second kappa shape index (κ2) is 7.29. The van der Waals surface area contributed by atoms with Crippen LogP contribution in [-0.2, 0) is 0 Å². The van der Waals surface area contributed by atoms with Crippen molar-refractivity contribution in [2.75, 3.05) is 19.6 Å². The van der Waals surface area contributed by atoms with E-state index >= 15 is 0 Å². The van der Waals surface area contributed by atoms with Crippen LogP contribution in [0.4, 0.5) is 0 Å². The summed E-state index contributed by atoms with van der Waals surface area (Å²) in [6.07, 6.45) is 6.57. The van der Waals surface area contributed by atoms with Gasteiger partial charge in [-0.2, -0.15) is 0 Å². The van der Waals surface area contributed by atoms with Crippen LogP contribution in [0, 0.1) is 11.8 Å². The van der Waals surface area contributed by atoms with E-state index in [1.165, 1.54) is 51.7 Å². The zero-order valence-electron chi connectivity index (χ0n) is 11.4. The van der Waals surface area contributed by atoms with Crippen LogP contribution in [0.25, 0.3) is 0 Å². The molecular formula is C14H30N2. The summed E-state index contributed by atoms with van der Waals surface area (Å²) in [6.45, 7) is 10.6. The number of hydrogen-bond acceptors (Lipinski definition) is 2. The largest absolute Gasteiger partial charge is 0.327 e. The monoisotopic (exact) mass is 226 g/mol. The van der Waals surface area contributed by atoms with Crippen molar-refractivity contribution in [1.29, 1.82) is 0 Å². The van der Waals surface area contributed by atoms with Crippen LogP contribution in [0.5, 0.6) is 0 Å². The summed E-state index contributed by atoms with van der Waals surface area (Å²) in [7, 11) is 0. The third-order valence-electron chi connectivity index (χ3n) is 4.25. The summed E-state index contributed by atoms with van der Waals surface area (Å²) in [5.41, 5.74) is 6.12. The first-order valence-corrected chi connectivity index (χ1v) is 7.15. The Labute approximate surface area is 102 Å². The lowest BCUT2D eigenvalue weighted by atomic mass is 9.99. The van der Waals surface area contributed by atoms with Crippen molar-refractivity contribution >= 4 is 0 Å². The minimum Gasteiger partial charge on any atom is -0.327 e. The molecule has 1 saturated carbocycles. The molecule has 0 heterocycles. The molecular weight excluding hydrogens is 196 g/mol. The van der Waals surface area contributed by atoms with Crippen molar-refractivity contribution in [2.24, 2.45) is 17.6 Å². The number of nitrogens with two attached hydrogens (primary N) is 1. The maximum absolute atomic E-state index is 6.12. The quantitative estimate of drug-likeness (QED) is 0.723. The van der Waals surface area contributed by atoms with E-state index in [-0.39, 0.29) is 0 Å². The van der Waals surface area contributed by atoms with Crippen LogP contribution < -0.4 is 5.73 Å². The summed E-state index contributed by atoms with van der Waals surface area (Å²) >= 11 is 0. The summed E-state index contributed by atoms with van der Waals surface area (Å²) in [5, 5.41) is 0. The number of hydrogen-bond donors (Lipinski definition) is 1. The highest BCUT2D eigenvalue weighted by Gasteiger charge is 2.23. The van der Waals surface area contributed by atoms with Gasteiger partial charge in [0.25, 0.3) is 0 Å². The molecule has 2 nitrogen and oxygen atoms in total. The van der Waals surface area contributed by atoms with E-state index in [0.717, 1.165) is 11.8 Å². The summed E-state index contributed by atoms with van der Waals surface area (Å²) in [5.74, 6) is 1.63. The summed E-state index contributed by atoms with van der Waals surface area (Å²) in [6, 6.07) is 0.488. The van der Waals surface area contributed by atoms with E-state index in [1.807, 2.05) is 0 Å². The topological polar surface area (TPSA) is 29.3 Å².